The van der Waals surface area contributed by atoms with Gasteiger partial charge in [0.1, 0.15) is 0 Å². The number of ether oxygens (including phenoxy) is 1. The lowest BCUT2D eigenvalue weighted by Crippen LogP contribution is -2.05. The summed E-state index contributed by atoms with van der Waals surface area (Å²) in [5, 5.41) is 7.44. The van der Waals surface area contributed by atoms with E-state index < -0.39 is 6.10 Å². The summed E-state index contributed by atoms with van der Waals surface area (Å²) >= 11 is 0. The molecule has 1 unspecified atom stereocenters. The average Bonchev–Trinajstić information content (AvgIpc) is 2.86. The molecule has 0 heterocycles. The highest BCUT2D eigenvalue weighted by Crippen LogP contribution is 2.36. The van der Waals surface area contributed by atoms with Crippen LogP contribution >= 0.6 is 0 Å². The Morgan fingerprint density at radius 1 is 0.656 bits per heavy atom. The molecule has 5 aromatic carbocycles. The van der Waals surface area contributed by atoms with Gasteiger partial charge in [0.05, 0.1) is 0 Å². The first kappa shape index (κ1) is 19.1. The van der Waals surface area contributed by atoms with E-state index in [0.29, 0.717) is 6.47 Å². The van der Waals surface area contributed by atoms with Gasteiger partial charge in [-0.1, -0.05) is 72.8 Å². The Hall–Kier alpha value is -3.65. The molecule has 156 valence electrons. The second-order valence-corrected chi connectivity index (χ2v) is 8.77. The summed E-state index contributed by atoms with van der Waals surface area (Å²) < 4.78 is 5.59. The van der Waals surface area contributed by atoms with Crippen LogP contribution in [0.5, 0.6) is 0 Å². The molecule has 0 aromatic heterocycles. The number of fused-ring (bicyclic) bond motifs is 6. The van der Waals surface area contributed by atoms with Crippen molar-refractivity contribution >= 4 is 38.8 Å². The lowest BCUT2D eigenvalue weighted by Gasteiger charge is -2.20. The van der Waals surface area contributed by atoms with Crippen molar-refractivity contribution in [3.8, 4) is 0 Å². The fourth-order valence-corrected chi connectivity index (χ4v) is 5.36. The van der Waals surface area contributed by atoms with Crippen LogP contribution in [0.3, 0.4) is 0 Å². The van der Waals surface area contributed by atoms with Crippen LogP contribution in [0.25, 0.3) is 32.3 Å². The molecule has 0 amide bonds. The Labute approximate surface area is 187 Å². The molecule has 2 heteroatoms. The first-order valence-corrected chi connectivity index (χ1v) is 11.4. The highest BCUT2D eigenvalue weighted by molar-refractivity contribution is 6.09. The monoisotopic (exact) mass is 416 g/mol. The first-order valence-electron chi connectivity index (χ1n) is 11.4. The molecule has 1 aliphatic rings. The van der Waals surface area contributed by atoms with Crippen molar-refractivity contribution in [2.24, 2.45) is 0 Å². The van der Waals surface area contributed by atoms with E-state index in [1.165, 1.54) is 63.7 Å². The molecule has 0 radical (unpaired) electrons. The quantitative estimate of drug-likeness (QED) is 0.227. The van der Waals surface area contributed by atoms with Crippen LogP contribution in [0.2, 0.25) is 0 Å². The second kappa shape index (κ2) is 7.80. The van der Waals surface area contributed by atoms with Gasteiger partial charge in [-0.15, -0.1) is 0 Å². The van der Waals surface area contributed by atoms with Gasteiger partial charge in [-0.2, -0.15) is 0 Å². The van der Waals surface area contributed by atoms with Crippen LogP contribution in [0, 0.1) is 0 Å². The standard InChI is InChI=1S/C30H24O2/c31-19-32-30(24-10-9-20-5-1-2-7-22(20)17-24)25-13-14-27-23(18-25)12-16-28-26-8-4-3-6-21(26)11-15-29(27)28/h1-2,5,7,9-19,30H,3-4,6,8H2. The van der Waals surface area contributed by atoms with E-state index in [1.54, 1.807) is 0 Å². The first-order chi connectivity index (χ1) is 15.8. The zero-order valence-electron chi connectivity index (χ0n) is 17.9. The van der Waals surface area contributed by atoms with E-state index in [9.17, 15) is 4.79 Å². The molecule has 1 atom stereocenters. The Bertz CT molecular complexity index is 1480. The van der Waals surface area contributed by atoms with Gasteiger partial charge < -0.3 is 4.74 Å². The fraction of sp³-hybridized carbons (Fsp3) is 0.167. The van der Waals surface area contributed by atoms with Crippen molar-refractivity contribution in [2.45, 2.75) is 31.8 Å². The molecule has 0 bridgehead atoms. The maximum absolute atomic E-state index is 11.4. The maximum atomic E-state index is 11.4. The molecule has 0 saturated carbocycles. The van der Waals surface area contributed by atoms with Crippen LogP contribution in [0.1, 0.15) is 41.2 Å². The van der Waals surface area contributed by atoms with Crippen molar-refractivity contribution in [1.29, 1.82) is 0 Å². The van der Waals surface area contributed by atoms with E-state index in [1.807, 2.05) is 18.2 Å². The van der Waals surface area contributed by atoms with Crippen molar-refractivity contribution < 1.29 is 9.53 Å². The smallest absolute Gasteiger partial charge is 0.294 e. The number of rotatable bonds is 4. The number of hydrogen-bond donors (Lipinski definition) is 0. The predicted molar refractivity (Wildman–Crippen MR) is 131 cm³/mol. The van der Waals surface area contributed by atoms with E-state index >= 15 is 0 Å². The minimum atomic E-state index is -0.430. The molecule has 32 heavy (non-hydrogen) atoms. The zero-order valence-corrected chi connectivity index (χ0v) is 17.9. The summed E-state index contributed by atoms with van der Waals surface area (Å²) in [7, 11) is 0. The highest BCUT2D eigenvalue weighted by Gasteiger charge is 2.18. The highest BCUT2D eigenvalue weighted by atomic mass is 16.5. The molecule has 0 fully saturated rings. The minimum absolute atomic E-state index is 0.430. The minimum Gasteiger partial charge on any atom is -0.455 e. The predicted octanol–water partition coefficient (Wildman–Crippen LogP) is 7.29. The third-order valence-electron chi connectivity index (χ3n) is 6.94. The number of carbonyl (C=O) groups excluding carboxylic acids is 1. The van der Waals surface area contributed by atoms with Crippen LogP contribution in [0.4, 0.5) is 0 Å². The molecule has 0 saturated heterocycles. The summed E-state index contributed by atoms with van der Waals surface area (Å²) in [6.07, 6.45) is 4.51. The largest absolute Gasteiger partial charge is 0.455 e. The molecule has 0 N–H and O–H groups in total. The van der Waals surface area contributed by atoms with Crippen molar-refractivity contribution in [1.82, 2.24) is 0 Å². The van der Waals surface area contributed by atoms with Gasteiger partial charge in [-0.05, 0) is 92.4 Å². The molecule has 0 aliphatic heterocycles. The summed E-state index contributed by atoms with van der Waals surface area (Å²) in [5.41, 5.74) is 5.00. The normalized spacial score (nSPS) is 14.4. The molecule has 5 aromatic rings. The van der Waals surface area contributed by atoms with Crippen LogP contribution in [0.15, 0.2) is 84.9 Å². The third kappa shape index (κ3) is 3.15. The topological polar surface area (TPSA) is 26.3 Å². The Morgan fingerprint density at radius 3 is 2.22 bits per heavy atom. The van der Waals surface area contributed by atoms with Gasteiger partial charge in [0.2, 0.25) is 0 Å². The van der Waals surface area contributed by atoms with E-state index in [2.05, 4.69) is 66.7 Å². The number of hydrogen-bond acceptors (Lipinski definition) is 2. The van der Waals surface area contributed by atoms with E-state index in [4.69, 9.17) is 4.74 Å². The molecule has 2 nitrogen and oxygen atoms in total. The maximum Gasteiger partial charge on any atom is 0.294 e. The van der Waals surface area contributed by atoms with Crippen molar-refractivity contribution in [2.75, 3.05) is 0 Å². The average molecular weight is 417 g/mol. The van der Waals surface area contributed by atoms with Gasteiger partial charge in [-0.25, -0.2) is 0 Å². The molecular weight excluding hydrogens is 392 g/mol. The molecule has 0 spiro atoms. The summed E-state index contributed by atoms with van der Waals surface area (Å²) in [4.78, 5) is 11.4. The molecule has 1 aliphatic carbocycles. The second-order valence-electron chi connectivity index (χ2n) is 8.77. The summed E-state index contributed by atoms with van der Waals surface area (Å²) in [6, 6.07) is 30.0. The van der Waals surface area contributed by atoms with Crippen LogP contribution in [-0.2, 0) is 22.4 Å². The van der Waals surface area contributed by atoms with E-state index in [0.717, 1.165) is 16.5 Å². The SMILES string of the molecule is O=COC(c1ccc2ccccc2c1)c1ccc2c(ccc3c4c(ccc32)CCCC4)c1. The van der Waals surface area contributed by atoms with Crippen molar-refractivity contribution in [3.63, 3.8) is 0 Å². The number of benzene rings is 5. The number of aryl methyl sites for hydroxylation is 2. The Kier molecular flexibility index (Phi) is 4.65. The van der Waals surface area contributed by atoms with Gasteiger partial charge >= 0.3 is 0 Å². The Morgan fingerprint density at radius 2 is 1.34 bits per heavy atom. The van der Waals surface area contributed by atoms with Crippen molar-refractivity contribution in [3.05, 3.63) is 107 Å². The fourth-order valence-electron chi connectivity index (χ4n) is 5.36. The number of carbonyl (C=O) groups is 1. The third-order valence-corrected chi connectivity index (χ3v) is 6.94. The van der Waals surface area contributed by atoms with Gasteiger partial charge in [0.15, 0.2) is 6.10 Å². The van der Waals surface area contributed by atoms with Gasteiger partial charge in [-0.3, -0.25) is 4.79 Å². The van der Waals surface area contributed by atoms with Gasteiger partial charge in [0.25, 0.3) is 6.47 Å². The Balaban J connectivity index is 1.47. The molecular formula is C30H24O2. The molecule has 6 rings (SSSR count). The van der Waals surface area contributed by atoms with Crippen LogP contribution < -0.4 is 0 Å². The summed E-state index contributed by atoms with van der Waals surface area (Å²) in [5.74, 6) is 0. The zero-order chi connectivity index (χ0) is 21.5. The summed E-state index contributed by atoms with van der Waals surface area (Å²) in [6.45, 7) is 0.552. The van der Waals surface area contributed by atoms with Crippen LogP contribution in [-0.4, -0.2) is 6.47 Å². The lowest BCUT2D eigenvalue weighted by molar-refractivity contribution is -0.132. The van der Waals surface area contributed by atoms with E-state index in [-0.39, 0.29) is 0 Å². The lowest BCUT2D eigenvalue weighted by atomic mass is 9.86. The van der Waals surface area contributed by atoms with Gasteiger partial charge in [0, 0.05) is 0 Å².